The Hall–Kier alpha value is -2.24. The number of nitrogens with one attached hydrogen (secondary N) is 2. The van der Waals surface area contributed by atoms with Gasteiger partial charge in [0, 0.05) is 37.6 Å². The summed E-state index contributed by atoms with van der Waals surface area (Å²) in [6.45, 7) is 0.401. The summed E-state index contributed by atoms with van der Waals surface area (Å²) in [5, 5.41) is 5.53. The van der Waals surface area contributed by atoms with Crippen LogP contribution >= 0.6 is 0 Å². The lowest BCUT2D eigenvalue weighted by molar-refractivity contribution is -0.123. The third-order valence-corrected chi connectivity index (χ3v) is 4.77. The zero-order valence-electron chi connectivity index (χ0n) is 12.9. The van der Waals surface area contributed by atoms with Crippen molar-refractivity contribution in [1.29, 1.82) is 0 Å². The molecule has 0 aromatic heterocycles. The molecular weight excluding hydrogens is 296 g/mol. The van der Waals surface area contributed by atoms with Crippen LogP contribution in [0.4, 0.5) is 5.69 Å². The minimum absolute atomic E-state index is 0.0740. The summed E-state index contributed by atoms with van der Waals surface area (Å²) in [7, 11) is 0. The number of carbonyl (C=O) groups is 2. The molecule has 1 spiro atoms. The first-order chi connectivity index (χ1) is 11.1. The van der Waals surface area contributed by atoms with Crippen LogP contribution in [-0.2, 0) is 9.59 Å². The highest BCUT2D eigenvalue weighted by molar-refractivity contribution is 5.97. The summed E-state index contributed by atoms with van der Waals surface area (Å²) in [5.74, 6) is 0.389. The lowest BCUT2D eigenvalue weighted by Gasteiger charge is -2.31. The van der Waals surface area contributed by atoms with E-state index in [1.807, 2.05) is 12.1 Å². The average molecular weight is 316 g/mol. The van der Waals surface area contributed by atoms with Crippen molar-refractivity contribution in [3.63, 3.8) is 0 Å². The van der Waals surface area contributed by atoms with Gasteiger partial charge in [-0.1, -0.05) is 6.42 Å². The number of rotatable bonds is 2. The highest BCUT2D eigenvalue weighted by Crippen LogP contribution is 2.46. The number of benzene rings is 1. The van der Waals surface area contributed by atoms with Crippen LogP contribution in [0.2, 0.25) is 0 Å². The molecule has 2 fully saturated rings. The zero-order valence-corrected chi connectivity index (χ0v) is 12.9. The molecule has 0 radical (unpaired) electrons. The van der Waals surface area contributed by atoms with Gasteiger partial charge in [0.1, 0.15) is 0 Å². The van der Waals surface area contributed by atoms with Gasteiger partial charge in [-0.15, -0.1) is 0 Å². The van der Waals surface area contributed by atoms with E-state index in [0.717, 1.165) is 31.4 Å². The quantitative estimate of drug-likeness (QED) is 0.877. The van der Waals surface area contributed by atoms with Gasteiger partial charge in [0.15, 0.2) is 11.5 Å². The molecule has 1 aromatic carbocycles. The molecule has 1 atom stereocenters. The molecule has 1 aliphatic carbocycles. The molecule has 3 aliphatic rings. The van der Waals surface area contributed by atoms with Crippen molar-refractivity contribution >= 4 is 17.5 Å². The van der Waals surface area contributed by atoms with Crippen molar-refractivity contribution < 1.29 is 19.1 Å². The fraction of sp³-hybridized carbons (Fsp3) is 0.529. The van der Waals surface area contributed by atoms with E-state index in [2.05, 4.69) is 10.6 Å². The van der Waals surface area contributed by atoms with Crippen molar-refractivity contribution in [3.8, 4) is 11.5 Å². The van der Waals surface area contributed by atoms with E-state index in [1.54, 1.807) is 6.07 Å². The van der Waals surface area contributed by atoms with Gasteiger partial charge in [0.2, 0.25) is 11.8 Å². The predicted octanol–water partition coefficient (Wildman–Crippen LogP) is 2.19. The second-order valence-corrected chi connectivity index (χ2v) is 6.53. The van der Waals surface area contributed by atoms with Gasteiger partial charge in [0.05, 0.1) is 5.92 Å². The average Bonchev–Trinajstić information content (AvgIpc) is 3.11. The Morgan fingerprint density at radius 3 is 2.70 bits per heavy atom. The number of fused-ring (bicyclic) bond motifs is 1. The van der Waals surface area contributed by atoms with Gasteiger partial charge in [-0.2, -0.15) is 0 Å². The minimum Gasteiger partial charge on any atom is -0.448 e. The molecule has 2 heterocycles. The minimum atomic E-state index is -0.509. The van der Waals surface area contributed by atoms with Crippen molar-refractivity contribution in [3.05, 3.63) is 18.2 Å². The van der Waals surface area contributed by atoms with E-state index in [-0.39, 0.29) is 24.2 Å². The normalized spacial score (nSPS) is 24.5. The molecule has 2 aliphatic heterocycles. The van der Waals surface area contributed by atoms with Gasteiger partial charge in [-0.3, -0.25) is 9.59 Å². The molecular formula is C17H20N2O4. The lowest BCUT2D eigenvalue weighted by Crippen LogP contribution is -2.40. The summed E-state index contributed by atoms with van der Waals surface area (Å²) in [6, 6.07) is 5.46. The van der Waals surface area contributed by atoms with Gasteiger partial charge in [0.25, 0.3) is 5.79 Å². The molecule has 6 nitrogen and oxygen atoms in total. The molecule has 1 saturated heterocycles. The fourth-order valence-corrected chi connectivity index (χ4v) is 3.50. The van der Waals surface area contributed by atoms with E-state index in [9.17, 15) is 9.59 Å². The molecule has 6 heteroatoms. The molecule has 23 heavy (non-hydrogen) atoms. The topological polar surface area (TPSA) is 76.7 Å². The van der Waals surface area contributed by atoms with Crippen LogP contribution in [0, 0.1) is 5.92 Å². The SMILES string of the molecule is O=C1CC(C(=O)Nc2ccc3c(c2)OC2(CCCCC2)O3)CN1. The molecule has 1 saturated carbocycles. The Bertz CT molecular complexity index is 652. The maximum atomic E-state index is 12.2. The lowest BCUT2D eigenvalue weighted by atomic mass is 9.94. The summed E-state index contributed by atoms with van der Waals surface area (Å²) in [6.07, 6.45) is 5.50. The Morgan fingerprint density at radius 2 is 1.96 bits per heavy atom. The van der Waals surface area contributed by atoms with E-state index < -0.39 is 5.79 Å². The van der Waals surface area contributed by atoms with E-state index in [1.165, 1.54) is 6.42 Å². The summed E-state index contributed by atoms with van der Waals surface area (Å²) in [4.78, 5) is 23.4. The third kappa shape index (κ3) is 2.73. The predicted molar refractivity (Wildman–Crippen MR) is 83.3 cm³/mol. The van der Waals surface area contributed by atoms with Crippen molar-refractivity contribution in [2.75, 3.05) is 11.9 Å². The van der Waals surface area contributed by atoms with Crippen molar-refractivity contribution in [2.45, 2.75) is 44.3 Å². The number of ether oxygens (including phenoxy) is 2. The number of hydrogen-bond donors (Lipinski definition) is 2. The Kier molecular flexibility index (Phi) is 3.39. The number of amides is 2. The Morgan fingerprint density at radius 1 is 1.17 bits per heavy atom. The zero-order chi connectivity index (χ0) is 15.9. The van der Waals surface area contributed by atoms with Gasteiger partial charge >= 0.3 is 0 Å². The Labute approximate surface area is 134 Å². The molecule has 0 bridgehead atoms. The van der Waals surface area contributed by atoms with Crippen LogP contribution < -0.4 is 20.1 Å². The highest BCUT2D eigenvalue weighted by atomic mass is 16.7. The molecule has 2 N–H and O–H groups in total. The van der Waals surface area contributed by atoms with Gasteiger partial charge in [-0.25, -0.2) is 0 Å². The van der Waals surface area contributed by atoms with E-state index in [0.29, 0.717) is 18.0 Å². The van der Waals surface area contributed by atoms with Crippen LogP contribution in [-0.4, -0.2) is 24.1 Å². The monoisotopic (exact) mass is 316 g/mol. The molecule has 1 unspecified atom stereocenters. The summed E-state index contributed by atoms with van der Waals surface area (Å²) in [5.41, 5.74) is 0.671. The number of carbonyl (C=O) groups excluding carboxylic acids is 2. The molecule has 122 valence electrons. The van der Waals surface area contributed by atoms with Gasteiger partial charge < -0.3 is 20.1 Å². The smallest absolute Gasteiger partial charge is 0.251 e. The largest absolute Gasteiger partial charge is 0.448 e. The first kappa shape index (κ1) is 14.4. The van der Waals surface area contributed by atoms with Crippen LogP contribution in [0.5, 0.6) is 11.5 Å². The molecule has 4 rings (SSSR count). The van der Waals surface area contributed by atoms with Crippen LogP contribution in [0.1, 0.15) is 38.5 Å². The van der Waals surface area contributed by atoms with Crippen LogP contribution in [0.15, 0.2) is 18.2 Å². The number of anilines is 1. The fourth-order valence-electron chi connectivity index (χ4n) is 3.50. The maximum absolute atomic E-state index is 12.2. The van der Waals surface area contributed by atoms with Crippen LogP contribution in [0.25, 0.3) is 0 Å². The molecule has 1 aromatic rings. The third-order valence-electron chi connectivity index (χ3n) is 4.77. The Balaban J connectivity index is 1.45. The molecule has 2 amide bonds. The number of hydrogen-bond acceptors (Lipinski definition) is 4. The van der Waals surface area contributed by atoms with E-state index in [4.69, 9.17) is 9.47 Å². The first-order valence-corrected chi connectivity index (χ1v) is 8.23. The highest BCUT2D eigenvalue weighted by Gasteiger charge is 2.42. The summed E-state index contributed by atoms with van der Waals surface area (Å²) >= 11 is 0. The van der Waals surface area contributed by atoms with Crippen molar-refractivity contribution in [2.24, 2.45) is 5.92 Å². The standard InChI is InChI=1S/C17H20N2O4/c20-15-8-11(10-18-15)16(21)19-12-4-5-13-14(9-12)23-17(22-13)6-2-1-3-7-17/h4-5,9,11H,1-3,6-8,10H2,(H,18,20)(H,19,21). The van der Waals surface area contributed by atoms with Gasteiger partial charge in [-0.05, 0) is 25.0 Å². The van der Waals surface area contributed by atoms with Crippen molar-refractivity contribution in [1.82, 2.24) is 5.32 Å². The maximum Gasteiger partial charge on any atom is 0.251 e. The van der Waals surface area contributed by atoms with E-state index >= 15 is 0 Å². The second-order valence-electron chi connectivity index (χ2n) is 6.53. The van der Waals surface area contributed by atoms with Crippen LogP contribution in [0.3, 0.4) is 0 Å². The first-order valence-electron chi connectivity index (χ1n) is 8.23. The summed E-state index contributed by atoms with van der Waals surface area (Å²) < 4.78 is 12.1. The second kappa shape index (κ2) is 5.44.